The van der Waals surface area contributed by atoms with E-state index in [0.717, 1.165) is 47.0 Å². The highest BCUT2D eigenvalue weighted by Crippen LogP contribution is 2.35. The smallest absolute Gasteiger partial charge is 0.291 e. The monoisotopic (exact) mass is 387 g/mol. The number of hydrogen-bond donors (Lipinski definition) is 2. The fourth-order valence-corrected chi connectivity index (χ4v) is 4.66. The van der Waals surface area contributed by atoms with Gasteiger partial charge in [0.1, 0.15) is 5.60 Å². The van der Waals surface area contributed by atoms with Crippen molar-refractivity contribution in [3.8, 4) is 0 Å². The summed E-state index contributed by atoms with van der Waals surface area (Å²) in [5.41, 5.74) is 1.42. The largest absolute Gasteiger partial charge is 0.456 e. The number of rotatable bonds is 3. The van der Waals surface area contributed by atoms with Crippen molar-refractivity contribution >= 4 is 44.3 Å². The number of amidine groups is 1. The van der Waals surface area contributed by atoms with Gasteiger partial charge in [-0.15, -0.1) is 0 Å². The molecule has 0 radical (unpaired) electrons. The molecule has 2 aliphatic heterocycles. The van der Waals surface area contributed by atoms with Crippen LogP contribution in [0.3, 0.4) is 0 Å². The van der Waals surface area contributed by atoms with E-state index in [1.165, 1.54) is 18.3 Å². The number of likely N-dealkylation sites (tertiary alicyclic amines) is 1. The average Bonchev–Trinajstić information content (AvgIpc) is 3.18. The maximum absolute atomic E-state index is 11.2. The molecule has 3 heterocycles. The number of ether oxygens (including phenoxy) is 1. The topological polar surface area (TPSA) is 78.8 Å². The van der Waals surface area contributed by atoms with E-state index in [2.05, 4.69) is 39.5 Å². The van der Waals surface area contributed by atoms with Gasteiger partial charge in [0.15, 0.2) is 5.13 Å². The van der Waals surface area contributed by atoms with Crippen LogP contribution >= 0.6 is 11.3 Å². The minimum absolute atomic E-state index is 0.0842. The standard InChI is InChI=1S/C19H25N5O2S/c1-12(25)21-14-4-5-15-16(10-14)27-18(22-15)23-17-20-11-19(2,26-17)13-6-8-24(3)9-7-13/h4-5,10,13H,6-9,11H2,1-3H3,(H,21,25)(H,20,22,23)/t19-/m1/s1. The van der Waals surface area contributed by atoms with Gasteiger partial charge in [-0.25, -0.2) is 9.98 Å². The highest BCUT2D eigenvalue weighted by atomic mass is 32.1. The zero-order chi connectivity index (χ0) is 19.0. The molecule has 144 valence electrons. The van der Waals surface area contributed by atoms with Gasteiger partial charge < -0.3 is 15.0 Å². The van der Waals surface area contributed by atoms with Crippen LogP contribution in [0, 0.1) is 5.92 Å². The lowest BCUT2D eigenvalue weighted by molar-refractivity contribution is -0.114. The summed E-state index contributed by atoms with van der Waals surface area (Å²) in [6, 6.07) is 6.24. The second-order valence-corrected chi connectivity index (χ2v) is 8.65. The first-order valence-corrected chi connectivity index (χ1v) is 10.1. The van der Waals surface area contributed by atoms with Crippen molar-refractivity contribution in [1.82, 2.24) is 9.88 Å². The summed E-state index contributed by atoms with van der Waals surface area (Å²) >= 11 is 1.52. The van der Waals surface area contributed by atoms with Gasteiger partial charge in [-0.2, -0.15) is 0 Å². The molecule has 0 spiro atoms. The zero-order valence-electron chi connectivity index (χ0n) is 15.9. The molecule has 2 aromatic rings. The van der Waals surface area contributed by atoms with E-state index in [0.29, 0.717) is 18.5 Å². The van der Waals surface area contributed by atoms with Crippen LogP contribution in [0.5, 0.6) is 0 Å². The molecule has 1 atom stereocenters. The molecule has 7 nitrogen and oxygen atoms in total. The predicted molar refractivity (Wildman–Crippen MR) is 110 cm³/mol. The van der Waals surface area contributed by atoms with Crippen molar-refractivity contribution in [2.45, 2.75) is 32.3 Å². The van der Waals surface area contributed by atoms with Crippen LogP contribution in [0.25, 0.3) is 10.2 Å². The third-order valence-electron chi connectivity index (χ3n) is 5.37. The van der Waals surface area contributed by atoms with Crippen molar-refractivity contribution in [3.63, 3.8) is 0 Å². The summed E-state index contributed by atoms with van der Waals surface area (Å²) in [7, 11) is 2.17. The fourth-order valence-electron chi connectivity index (χ4n) is 3.76. The molecule has 27 heavy (non-hydrogen) atoms. The first-order chi connectivity index (χ1) is 12.9. The summed E-state index contributed by atoms with van der Waals surface area (Å²) in [6.45, 7) is 6.57. The molecule has 1 fully saturated rings. The van der Waals surface area contributed by atoms with Crippen LogP contribution in [0.15, 0.2) is 23.2 Å². The number of fused-ring (bicyclic) bond motifs is 1. The maximum atomic E-state index is 11.2. The van der Waals surface area contributed by atoms with Crippen LogP contribution in [0.2, 0.25) is 0 Å². The normalized spacial score (nSPS) is 23.9. The molecule has 2 N–H and O–H groups in total. The van der Waals surface area contributed by atoms with Gasteiger partial charge in [-0.05, 0) is 58.1 Å². The Bertz CT molecular complexity index is 887. The van der Waals surface area contributed by atoms with Gasteiger partial charge in [-0.1, -0.05) is 11.3 Å². The van der Waals surface area contributed by atoms with Crippen LogP contribution in [0.1, 0.15) is 26.7 Å². The number of carbonyl (C=O) groups excluding carboxylic acids is 1. The number of aliphatic imine (C=N–C) groups is 1. The molecule has 0 unspecified atom stereocenters. The Morgan fingerprint density at radius 3 is 2.89 bits per heavy atom. The number of carbonyl (C=O) groups is 1. The van der Waals surface area contributed by atoms with Gasteiger partial charge in [0.25, 0.3) is 6.02 Å². The number of aromatic nitrogens is 1. The minimum atomic E-state index is -0.237. The second-order valence-electron chi connectivity index (χ2n) is 7.62. The summed E-state index contributed by atoms with van der Waals surface area (Å²) in [4.78, 5) is 22.8. The first-order valence-electron chi connectivity index (χ1n) is 9.28. The maximum Gasteiger partial charge on any atom is 0.291 e. The zero-order valence-corrected chi connectivity index (χ0v) is 16.7. The lowest BCUT2D eigenvalue weighted by Crippen LogP contribution is -2.45. The highest BCUT2D eigenvalue weighted by molar-refractivity contribution is 7.22. The number of anilines is 2. The Hall–Kier alpha value is -2.19. The number of hydrogen-bond acceptors (Lipinski definition) is 7. The molecule has 8 heteroatoms. The van der Waals surface area contributed by atoms with Gasteiger partial charge in [0.05, 0.1) is 16.8 Å². The van der Waals surface area contributed by atoms with E-state index in [1.54, 1.807) is 0 Å². The SMILES string of the molecule is CC(=O)Nc1ccc2nc(NC3=NC[C@](C)(C4CCN(C)CC4)O3)sc2c1. The highest BCUT2D eigenvalue weighted by Gasteiger charge is 2.42. The number of amides is 1. The molecule has 1 aromatic heterocycles. The molecule has 0 aliphatic carbocycles. The third kappa shape index (κ3) is 3.91. The van der Waals surface area contributed by atoms with Crippen molar-refractivity contribution in [2.75, 3.05) is 37.3 Å². The lowest BCUT2D eigenvalue weighted by atomic mass is 9.82. The number of nitrogens with zero attached hydrogens (tertiary/aromatic N) is 3. The fraction of sp³-hybridized carbons (Fsp3) is 0.526. The van der Waals surface area contributed by atoms with E-state index in [-0.39, 0.29) is 11.5 Å². The summed E-state index contributed by atoms with van der Waals surface area (Å²) < 4.78 is 7.23. The van der Waals surface area contributed by atoms with Gasteiger partial charge in [0.2, 0.25) is 5.91 Å². The van der Waals surface area contributed by atoms with Crippen LogP contribution < -0.4 is 10.6 Å². The van der Waals surface area contributed by atoms with Gasteiger partial charge in [0, 0.05) is 18.5 Å². The third-order valence-corrected chi connectivity index (χ3v) is 6.30. The molecule has 0 saturated carbocycles. The van der Waals surface area contributed by atoms with Crippen LogP contribution in [0.4, 0.5) is 10.8 Å². The van der Waals surface area contributed by atoms with E-state index in [4.69, 9.17) is 4.74 Å². The van der Waals surface area contributed by atoms with Crippen LogP contribution in [-0.2, 0) is 9.53 Å². The summed E-state index contributed by atoms with van der Waals surface area (Å²) in [6.07, 6.45) is 2.28. The van der Waals surface area contributed by atoms with Gasteiger partial charge >= 0.3 is 0 Å². The Morgan fingerprint density at radius 2 is 2.15 bits per heavy atom. The molecular formula is C19H25N5O2S. The van der Waals surface area contributed by atoms with E-state index in [1.807, 2.05) is 18.2 Å². The summed E-state index contributed by atoms with van der Waals surface area (Å²) in [5.74, 6) is 0.437. The molecule has 1 aromatic carbocycles. The molecule has 1 amide bonds. The van der Waals surface area contributed by atoms with Crippen LogP contribution in [-0.4, -0.2) is 54.1 Å². The lowest BCUT2D eigenvalue weighted by Gasteiger charge is -2.38. The summed E-state index contributed by atoms with van der Waals surface area (Å²) in [5, 5.41) is 6.77. The molecule has 2 aliphatic rings. The molecule has 1 saturated heterocycles. The van der Waals surface area contributed by atoms with Gasteiger partial charge in [-0.3, -0.25) is 10.1 Å². The Labute approximate surface area is 162 Å². The molecular weight excluding hydrogens is 362 g/mol. The number of nitrogens with one attached hydrogen (secondary N) is 2. The van der Waals surface area contributed by atoms with Crippen molar-refractivity contribution < 1.29 is 9.53 Å². The van der Waals surface area contributed by atoms with Crippen molar-refractivity contribution in [1.29, 1.82) is 0 Å². The first kappa shape index (κ1) is 18.2. The number of benzene rings is 1. The molecule has 4 rings (SSSR count). The van der Waals surface area contributed by atoms with Crippen molar-refractivity contribution in [2.24, 2.45) is 10.9 Å². The predicted octanol–water partition coefficient (Wildman–Crippen LogP) is 3.15. The minimum Gasteiger partial charge on any atom is -0.456 e. The van der Waals surface area contributed by atoms with Crippen molar-refractivity contribution in [3.05, 3.63) is 18.2 Å². The molecule has 0 bridgehead atoms. The number of thiazole rings is 1. The quantitative estimate of drug-likeness (QED) is 0.846. The average molecular weight is 388 g/mol. The second kappa shape index (κ2) is 7.09. The number of piperidine rings is 1. The van der Waals surface area contributed by atoms with E-state index in [9.17, 15) is 4.79 Å². The van der Waals surface area contributed by atoms with E-state index < -0.39 is 0 Å². The Kier molecular flexibility index (Phi) is 4.77. The Balaban J connectivity index is 1.43. The van der Waals surface area contributed by atoms with E-state index >= 15 is 0 Å². The Morgan fingerprint density at radius 1 is 1.37 bits per heavy atom.